The first-order chi connectivity index (χ1) is 18.8. The zero-order chi connectivity index (χ0) is 25.1. The van der Waals surface area contributed by atoms with Gasteiger partial charge in [-0.1, -0.05) is 97.1 Å². The molecule has 1 nitrogen and oxygen atoms in total. The zero-order valence-electron chi connectivity index (χ0n) is 20.6. The van der Waals surface area contributed by atoms with Crippen molar-refractivity contribution in [1.29, 1.82) is 0 Å². The highest BCUT2D eigenvalue weighted by Crippen LogP contribution is 2.39. The normalized spacial score (nSPS) is 11.7. The van der Waals surface area contributed by atoms with Crippen molar-refractivity contribution in [3.8, 4) is 27.9 Å². The lowest BCUT2D eigenvalue weighted by molar-refractivity contribution is 1.18. The summed E-state index contributed by atoms with van der Waals surface area (Å²) in [6, 6.07) is 50.7. The number of hydrogen-bond donors (Lipinski definition) is 0. The molecule has 0 spiro atoms. The molecule has 178 valence electrons. The molecule has 0 aliphatic rings. The van der Waals surface area contributed by atoms with Gasteiger partial charge in [-0.25, -0.2) is 0 Å². The fourth-order valence-electron chi connectivity index (χ4n) is 5.77. The van der Waals surface area contributed by atoms with Gasteiger partial charge >= 0.3 is 0 Å². The molecule has 0 saturated heterocycles. The molecule has 0 radical (unpaired) electrons. The lowest BCUT2D eigenvalue weighted by Gasteiger charge is -2.10. The molecule has 2 aromatic heterocycles. The fraction of sp³-hybridized carbons (Fsp3) is 0. The molecule has 6 aromatic carbocycles. The highest BCUT2D eigenvalue weighted by Gasteiger charge is 2.14. The molecule has 0 amide bonds. The Morgan fingerprint density at radius 2 is 0.974 bits per heavy atom. The molecular weight excluding hydrogens is 478 g/mol. The van der Waals surface area contributed by atoms with Crippen molar-refractivity contribution in [1.82, 2.24) is 4.57 Å². The van der Waals surface area contributed by atoms with Crippen LogP contribution in [0.25, 0.3) is 69.9 Å². The summed E-state index contributed by atoms with van der Waals surface area (Å²) in [5, 5.41) is 5.24. The summed E-state index contributed by atoms with van der Waals surface area (Å²) >= 11 is 1.87. The van der Waals surface area contributed by atoms with Gasteiger partial charge in [-0.3, -0.25) is 0 Å². The van der Waals surface area contributed by atoms with E-state index in [1.54, 1.807) is 0 Å². The van der Waals surface area contributed by atoms with Gasteiger partial charge in [0.25, 0.3) is 0 Å². The third-order valence-electron chi connectivity index (χ3n) is 7.62. The molecule has 0 aliphatic carbocycles. The second kappa shape index (κ2) is 8.44. The maximum absolute atomic E-state index is 2.39. The minimum Gasteiger partial charge on any atom is -0.309 e. The summed E-state index contributed by atoms with van der Waals surface area (Å²) in [5.41, 5.74) is 8.61. The Kier molecular flexibility index (Phi) is 4.76. The molecule has 0 saturated carbocycles. The number of benzene rings is 6. The van der Waals surface area contributed by atoms with Crippen LogP contribution in [0.3, 0.4) is 0 Å². The number of rotatable bonds is 3. The maximum atomic E-state index is 2.39. The Morgan fingerprint density at radius 1 is 0.368 bits per heavy atom. The van der Waals surface area contributed by atoms with Gasteiger partial charge < -0.3 is 4.57 Å². The van der Waals surface area contributed by atoms with Crippen LogP contribution >= 0.6 is 11.3 Å². The molecular formula is C36H23NS. The average molecular weight is 502 g/mol. The summed E-state index contributed by atoms with van der Waals surface area (Å²) in [7, 11) is 0. The monoisotopic (exact) mass is 501 g/mol. The zero-order valence-corrected chi connectivity index (χ0v) is 21.5. The molecule has 0 fully saturated rings. The number of aromatic nitrogens is 1. The minimum absolute atomic E-state index is 1.18. The summed E-state index contributed by atoms with van der Waals surface area (Å²) in [5.74, 6) is 0. The number of nitrogens with zero attached hydrogens (tertiary/aromatic N) is 1. The smallest absolute Gasteiger partial charge is 0.0541 e. The Bertz CT molecular complexity index is 2110. The molecule has 0 atom stereocenters. The van der Waals surface area contributed by atoms with Gasteiger partial charge in [-0.05, 0) is 64.7 Å². The van der Waals surface area contributed by atoms with Crippen molar-refractivity contribution in [2.75, 3.05) is 0 Å². The highest BCUT2D eigenvalue weighted by molar-refractivity contribution is 7.25. The molecule has 8 rings (SSSR count). The first-order valence-corrected chi connectivity index (χ1v) is 13.8. The van der Waals surface area contributed by atoms with E-state index < -0.39 is 0 Å². The van der Waals surface area contributed by atoms with Crippen molar-refractivity contribution < 1.29 is 0 Å². The van der Waals surface area contributed by atoms with Crippen LogP contribution in [0.2, 0.25) is 0 Å². The van der Waals surface area contributed by atoms with E-state index in [4.69, 9.17) is 0 Å². The Labute approximate surface area is 224 Å². The predicted molar refractivity (Wildman–Crippen MR) is 165 cm³/mol. The van der Waals surface area contributed by atoms with Gasteiger partial charge in [-0.2, -0.15) is 0 Å². The number of fused-ring (bicyclic) bond motifs is 6. The van der Waals surface area contributed by atoms with Crippen LogP contribution in [0.4, 0.5) is 0 Å². The minimum atomic E-state index is 1.18. The standard InChI is InChI=1S/C36H23NS/c1-2-8-24(9-3-1)25-14-18-28(19-15-25)37-33-12-6-4-10-29(33)32-22-26(17-21-34(32)37)27-16-20-31-30-11-5-7-13-35(30)38-36(31)23-27/h1-23H. The molecule has 8 aromatic rings. The lowest BCUT2D eigenvalue weighted by Crippen LogP contribution is -1.93. The van der Waals surface area contributed by atoms with Crippen LogP contribution in [-0.4, -0.2) is 4.57 Å². The van der Waals surface area contributed by atoms with E-state index in [1.165, 1.54) is 69.9 Å². The largest absolute Gasteiger partial charge is 0.309 e. The summed E-state index contributed by atoms with van der Waals surface area (Å²) in [6.45, 7) is 0. The molecule has 0 aliphatic heterocycles. The Balaban J connectivity index is 1.28. The van der Waals surface area contributed by atoms with Gasteiger partial charge in [0.05, 0.1) is 11.0 Å². The predicted octanol–water partition coefficient (Wildman–Crippen LogP) is 10.5. The quantitative estimate of drug-likeness (QED) is 0.227. The highest BCUT2D eigenvalue weighted by atomic mass is 32.1. The Hall–Kier alpha value is -4.66. The summed E-state index contributed by atoms with van der Waals surface area (Å²) < 4.78 is 5.07. The molecule has 2 heterocycles. The van der Waals surface area contributed by atoms with E-state index >= 15 is 0 Å². The van der Waals surface area contributed by atoms with Crippen LogP contribution < -0.4 is 0 Å². The van der Waals surface area contributed by atoms with E-state index in [9.17, 15) is 0 Å². The van der Waals surface area contributed by atoms with Gasteiger partial charge in [0.15, 0.2) is 0 Å². The SMILES string of the molecule is c1ccc(-c2ccc(-n3c4ccccc4c4cc(-c5ccc6c(c5)sc5ccccc56)ccc43)cc2)cc1. The third-order valence-corrected chi connectivity index (χ3v) is 8.75. The summed E-state index contributed by atoms with van der Waals surface area (Å²) in [6.07, 6.45) is 0. The molecule has 0 bridgehead atoms. The molecule has 2 heteroatoms. The van der Waals surface area contributed by atoms with Crippen molar-refractivity contribution in [2.45, 2.75) is 0 Å². The Morgan fingerprint density at radius 3 is 1.84 bits per heavy atom. The van der Waals surface area contributed by atoms with Crippen molar-refractivity contribution >= 4 is 53.3 Å². The van der Waals surface area contributed by atoms with Gasteiger partial charge in [-0.15, -0.1) is 11.3 Å². The van der Waals surface area contributed by atoms with Gasteiger partial charge in [0, 0.05) is 36.6 Å². The van der Waals surface area contributed by atoms with Crippen LogP contribution in [0, 0.1) is 0 Å². The third kappa shape index (κ3) is 3.31. The number of thiophene rings is 1. The fourth-order valence-corrected chi connectivity index (χ4v) is 6.91. The lowest BCUT2D eigenvalue weighted by atomic mass is 10.0. The number of para-hydroxylation sites is 1. The second-order valence-electron chi connectivity index (χ2n) is 9.81. The van der Waals surface area contributed by atoms with Crippen LogP contribution in [0.15, 0.2) is 140 Å². The van der Waals surface area contributed by atoms with Gasteiger partial charge in [0.1, 0.15) is 0 Å². The van der Waals surface area contributed by atoms with Gasteiger partial charge in [0.2, 0.25) is 0 Å². The molecule has 0 N–H and O–H groups in total. The van der Waals surface area contributed by atoms with Crippen molar-refractivity contribution in [2.24, 2.45) is 0 Å². The number of hydrogen-bond acceptors (Lipinski definition) is 1. The van der Waals surface area contributed by atoms with Crippen molar-refractivity contribution in [3.63, 3.8) is 0 Å². The summed E-state index contributed by atoms with van der Waals surface area (Å²) in [4.78, 5) is 0. The topological polar surface area (TPSA) is 4.93 Å². The van der Waals surface area contributed by atoms with E-state index in [0.717, 1.165) is 0 Å². The van der Waals surface area contributed by atoms with E-state index in [2.05, 4.69) is 144 Å². The van der Waals surface area contributed by atoms with Crippen molar-refractivity contribution in [3.05, 3.63) is 140 Å². The van der Waals surface area contributed by atoms with Crippen LogP contribution in [-0.2, 0) is 0 Å². The second-order valence-corrected chi connectivity index (χ2v) is 10.9. The van der Waals surface area contributed by atoms with Crippen LogP contribution in [0.5, 0.6) is 0 Å². The maximum Gasteiger partial charge on any atom is 0.0541 e. The average Bonchev–Trinajstić information content (AvgIpc) is 3.52. The van der Waals surface area contributed by atoms with E-state index in [-0.39, 0.29) is 0 Å². The van der Waals surface area contributed by atoms with E-state index in [1.807, 2.05) is 11.3 Å². The first kappa shape index (κ1) is 21.4. The van der Waals surface area contributed by atoms with Crippen LogP contribution in [0.1, 0.15) is 0 Å². The molecule has 0 unspecified atom stereocenters. The first-order valence-electron chi connectivity index (χ1n) is 12.9. The van der Waals surface area contributed by atoms with E-state index in [0.29, 0.717) is 0 Å². The molecule has 38 heavy (non-hydrogen) atoms.